The van der Waals surface area contributed by atoms with Gasteiger partial charge in [0.1, 0.15) is 4.90 Å². The number of rotatable bonds is 8. The Labute approximate surface area is 226 Å². The molecule has 4 aromatic carbocycles. The number of sulfonamides is 2. The van der Waals surface area contributed by atoms with Crippen molar-refractivity contribution in [3.8, 4) is 0 Å². The number of nitrogens with one attached hydrogen (secondary N) is 3. The molecule has 0 radical (unpaired) electrons. The maximum absolute atomic E-state index is 13.1. The number of carbonyl (C=O) groups is 1. The van der Waals surface area contributed by atoms with Crippen LogP contribution >= 0.6 is 11.6 Å². The Morgan fingerprint density at radius 1 is 0.711 bits per heavy atom. The second kappa shape index (κ2) is 10.9. The monoisotopic (exact) mass is 569 g/mol. The van der Waals surface area contributed by atoms with Crippen LogP contribution in [0.1, 0.15) is 21.5 Å². The summed E-state index contributed by atoms with van der Waals surface area (Å²) in [6.45, 7) is 3.68. The normalized spacial score (nSPS) is 11.6. The zero-order valence-corrected chi connectivity index (χ0v) is 22.8. The Kier molecular flexibility index (Phi) is 7.77. The number of carbonyl (C=O) groups excluding carboxylic acids is 1. The Hall–Kier alpha value is -3.86. The summed E-state index contributed by atoms with van der Waals surface area (Å²) >= 11 is 6.18. The zero-order valence-electron chi connectivity index (χ0n) is 20.4. The second-order valence-corrected chi connectivity index (χ2v) is 12.3. The Balaban J connectivity index is 1.51. The summed E-state index contributed by atoms with van der Waals surface area (Å²) in [6.07, 6.45) is 0. The summed E-state index contributed by atoms with van der Waals surface area (Å²) in [5, 5.41) is 2.59. The molecule has 0 heterocycles. The van der Waals surface area contributed by atoms with Gasteiger partial charge < -0.3 is 5.32 Å². The van der Waals surface area contributed by atoms with Crippen molar-refractivity contribution < 1.29 is 21.6 Å². The molecule has 0 fully saturated rings. The summed E-state index contributed by atoms with van der Waals surface area (Å²) in [5.74, 6) is -0.595. The Morgan fingerprint density at radius 3 is 2.05 bits per heavy atom. The fraction of sp³-hybridized carbons (Fsp3) is 0.0741. The van der Waals surface area contributed by atoms with Crippen molar-refractivity contribution in [1.82, 2.24) is 0 Å². The van der Waals surface area contributed by atoms with Gasteiger partial charge in [0.25, 0.3) is 26.0 Å². The van der Waals surface area contributed by atoms with Crippen LogP contribution in [0.25, 0.3) is 0 Å². The van der Waals surface area contributed by atoms with E-state index in [0.29, 0.717) is 17.1 Å². The highest BCUT2D eigenvalue weighted by molar-refractivity contribution is 7.93. The molecule has 196 valence electrons. The van der Waals surface area contributed by atoms with Gasteiger partial charge in [-0.2, -0.15) is 0 Å². The molecule has 1 amide bonds. The predicted octanol–water partition coefficient (Wildman–Crippen LogP) is 5.81. The van der Waals surface area contributed by atoms with Crippen LogP contribution < -0.4 is 14.8 Å². The zero-order chi connectivity index (χ0) is 27.5. The number of hydrogen-bond donors (Lipinski definition) is 3. The van der Waals surface area contributed by atoms with Gasteiger partial charge >= 0.3 is 0 Å². The summed E-state index contributed by atoms with van der Waals surface area (Å²) in [4.78, 5) is 12.6. The third kappa shape index (κ3) is 6.34. The van der Waals surface area contributed by atoms with E-state index in [-0.39, 0.29) is 20.4 Å². The highest BCUT2D eigenvalue weighted by atomic mass is 35.5. The molecule has 0 spiro atoms. The average molecular weight is 570 g/mol. The van der Waals surface area contributed by atoms with Gasteiger partial charge in [0.15, 0.2) is 0 Å². The molecule has 4 rings (SSSR count). The highest BCUT2D eigenvalue weighted by Crippen LogP contribution is 2.27. The molecular formula is C27H24ClN3O5S2. The molecule has 0 aliphatic heterocycles. The lowest BCUT2D eigenvalue weighted by molar-refractivity contribution is 0.102. The number of aryl methyl sites for hydroxylation is 2. The van der Waals surface area contributed by atoms with E-state index in [0.717, 1.165) is 11.1 Å². The second-order valence-electron chi connectivity index (χ2n) is 8.52. The van der Waals surface area contributed by atoms with Crippen LogP contribution in [-0.2, 0) is 20.0 Å². The summed E-state index contributed by atoms with van der Waals surface area (Å²) < 4.78 is 56.4. The van der Waals surface area contributed by atoms with Gasteiger partial charge in [0.05, 0.1) is 15.6 Å². The molecule has 0 saturated heterocycles. The van der Waals surface area contributed by atoms with Crippen molar-refractivity contribution in [3.63, 3.8) is 0 Å². The van der Waals surface area contributed by atoms with Gasteiger partial charge in [-0.25, -0.2) is 16.8 Å². The van der Waals surface area contributed by atoms with Crippen LogP contribution in [-0.4, -0.2) is 22.7 Å². The van der Waals surface area contributed by atoms with Crippen molar-refractivity contribution >= 4 is 54.6 Å². The van der Waals surface area contributed by atoms with Crippen LogP contribution in [0.5, 0.6) is 0 Å². The maximum atomic E-state index is 13.1. The first-order chi connectivity index (χ1) is 17.9. The van der Waals surface area contributed by atoms with Gasteiger partial charge in [-0.15, -0.1) is 0 Å². The van der Waals surface area contributed by atoms with E-state index in [1.165, 1.54) is 42.5 Å². The molecule has 11 heteroatoms. The van der Waals surface area contributed by atoms with E-state index in [1.807, 2.05) is 13.0 Å². The number of hydrogen-bond acceptors (Lipinski definition) is 5. The van der Waals surface area contributed by atoms with Gasteiger partial charge in [-0.05, 0) is 80.1 Å². The lowest BCUT2D eigenvalue weighted by atomic mass is 10.1. The average Bonchev–Trinajstić information content (AvgIpc) is 2.86. The van der Waals surface area contributed by atoms with Crippen LogP contribution in [0.4, 0.5) is 17.1 Å². The fourth-order valence-electron chi connectivity index (χ4n) is 3.62. The molecule has 3 N–H and O–H groups in total. The first kappa shape index (κ1) is 27.2. The molecule has 8 nitrogen and oxygen atoms in total. The minimum atomic E-state index is -4.09. The van der Waals surface area contributed by atoms with E-state index in [9.17, 15) is 21.6 Å². The number of amides is 1. The number of anilines is 3. The van der Waals surface area contributed by atoms with Crippen LogP contribution in [0.3, 0.4) is 0 Å². The molecule has 38 heavy (non-hydrogen) atoms. The summed E-state index contributed by atoms with van der Waals surface area (Å²) in [6, 6.07) is 23.2. The molecule has 0 unspecified atom stereocenters. The van der Waals surface area contributed by atoms with Crippen LogP contribution in [0.2, 0.25) is 5.02 Å². The third-order valence-electron chi connectivity index (χ3n) is 5.56. The van der Waals surface area contributed by atoms with Crippen molar-refractivity contribution in [2.75, 3.05) is 14.8 Å². The standard InChI is InChI=1S/C27H24ClN3O5S2/c1-18-8-15-25(19(2)16-18)31-38(35,36)26-17-20(9-14-24(26)28)27(32)29-21-10-12-23(13-11-21)37(33,34)30-22-6-4-3-5-7-22/h3-17,30-31H,1-2H3,(H,29,32). The molecule has 0 saturated carbocycles. The molecule has 4 aromatic rings. The van der Waals surface area contributed by atoms with E-state index in [2.05, 4.69) is 14.8 Å². The van der Waals surface area contributed by atoms with E-state index in [4.69, 9.17) is 11.6 Å². The first-order valence-corrected chi connectivity index (χ1v) is 14.7. The minimum absolute atomic E-state index is 0.0108. The Morgan fingerprint density at radius 2 is 1.39 bits per heavy atom. The quantitative estimate of drug-likeness (QED) is 0.247. The van der Waals surface area contributed by atoms with E-state index in [1.54, 1.807) is 49.4 Å². The van der Waals surface area contributed by atoms with Crippen molar-refractivity contribution in [1.29, 1.82) is 0 Å². The summed E-state index contributed by atoms with van der Waals surface area (Å²) in [7, 11) is -7.91. The highest BCUT2D eigenvalue weighted by Gasteiger charge is 2.21. The molecular weight excluding hydrogens is 546 g/mol. The van der Waals surface area contributed by atoms with Crippen LogP contribution in [0.15, 0.2) is 101 Å². The Bertz CT molecular complexity index is 1710. The van der Waals surface area contributed by atoms with E-state index < -0.39 is 26.0 Å². The lowest BCUT2D eigenvalue weighted by Crippen LogP contribution is -2.17. The SMILES string of the molecule is Cc1ccc(NS(=O)(=O)c2cc(C(=O)Nc3ccc(S(=O)(=O)Nc4ccccc4)cc3)ccc2Cl)c(C)c1. The van der Waals surface area contributed by atoms with Crippen LogP contribution in [0, 0.1) is 13.8 Å². The van der Waals surface area contributed by atoms with Gasteiger partial charge in [0, 0.05) is 16.9 Å². The first-order valence-electron chi connectivity index (χ1n) is 11.3. The molecule has 0 bridgehead atoms. The van der Waals surface area contributed by atoms with E-state index >= 15 is 0 Å². The lowest BCUT2D eigenvalue weighted by Gasteiger charge is -2.13. The van der Waals surface area contributed by atoms with Crippen molar-refractivity contribution in [2.45, 2.75) is 23.6 Å². The van der Waals surface area contributed by atoms with Gasteiger partial charge in [-0.1, -0.05) is 47.5 Å². The number of halogens is 1. The van der Waals surface area contributed by atoms with Crippen molar-refractivity contribution in [2.24, 2.45) is 0 Å². The fourth-order valence-corrected chi connectivity index (χ4v) is 6.34. The maximum Gasteiger partial charge on any atom is 0.263 e. The molecule has 0 aliphatic carbocycles. The molecule has 0 aromatic heterocycles. The van der Waals surface area contributed by atoms with Gasteiger partial charge in [-0.3, -0.25) is 14.2 Å². The third-order valence-corrected chi connectivity index (χ3v) is 8.80. The largest absolute Gasteiger partial charge is 0.322 e. The number of benzene rings is 4. The smallest absolute Gasteiger partial charge is 0.263 e. The topological polar surface area (TPSA) is 121 Å². The van der Waals surface area contributed by atoms with Gasteiger partial charge in [0.2, 0.25) is 0 Å². The predicted molar refractivity (Wildman–Crippen MR) is 150 cm³/mol. The molecule has 0 atom stereocenters. The summed E-state index contributed by atoms with van der Waals surface area (Å²) in [5.41, 5.74) is 2.92. The van der Waals surface area contributed by atoms with Crippen molar-refractivity contribution in [3.05, 3.63) is 113 Å². The molecule has 0 aliphatic rings. The number of para-hydroxylation sites is 1. The minimum Gasteiger partial charge on any atom is -0.322 e.